The largest absolute Gasteiger partial charge is 0.383 e. The zero-order valence-electron chi connectivity index (χ0n) is 9.38. The maximum atomic E-state index is 9.15. The van der Waals surface area contributed by atoms with E-state index in [4.69, 9.17) is 22.0 Å². The van der Waals surface area contributed by atoms with E-state index in [1.54, 1.807) is 12.1 Å². The Balaban J connectivity index is 2.89. The van der Waals surface area contributed by atoms with Gasteiger partial charge in [0.1, 0.15) is 34.9 Å². The summed E-state index contributed by atoms with van der Waals surface area (Å²) in [7, 11) is 0. The molecule has 0 saturated heterocycles. The average Bonchev–Trinajstić information content (AvgIpc) is 2.39. The molecule has 0 unspecified atom stereocenters. The summed E-state index contributed by atoms with van der Waals surface area (Å²) >= 11 is 0. The minimum absolute atomic E-state index is 0.0350. The van der Waals surface area contributed by atoms with Crippen LogP contribution in [0.1, 0.15) is 11.1 Å². The molecule has 1 aromatic heterocycles. The molecule has 0 bridgehead atoms. The summed E-state index contributed by atoms with van der Waals surface area (Å²) in [5.74, 6) is 0.0701. The minimum Gasteiger partial charge on any atom is -0.383 e. The third-order valence-corrected chi connectivity index (χ3v) is 2.54. The summed E-state index contributed by atoms with van der Waals surface area (Å²) in [4.78, 5) is 3.81. The lowest BCUT2D eigenvalue weighted by Crippen LogP contribution is -2.05. The molecule has 18 heavy (non-hydrogen) atoms. The number of aromatic nitrogens is 1. The fraction of sp³-hybridized carbons (Fsp3) is 0. The van der Waals surface area contributed by atoms with E-state index in [0.29, 0.717) is 11.1 Å². The topological polar surface area (TPSA) is 113 Å². The van der Waals surface area contributed by atoms with Gasteiger partial charge in [-0.05, 0) is 5.56 Å². The van der Waals surface area contributed by atoms with Gasteiger partial charge < -0.3 is 11.5 Å². The molecule has 4 N–H and O–H groups in total. The smallest absolute Gasteiger partial charge is 0.144 e. The van der Waals surface area contributed by atoms with E-state index in [0.717, 1.165) is 0 Å². The average molecular weight is 235 g/mol. The number of benzene rings is 1. The standard InChI is InChI=1S/C13H9N5/c14-6-9-11(8-4-2-1-3-5-8)10(7-15)13(17)18-12(9)16/h1-5H,(H4,16,17,18). The van der Waals surface area contributed by atoms with Gasteiger partial charge in [0.05, 0.1) is 0 Å². The molecule has 0 spiro atoms. The van der Waals surface area contributed by atoms with Crippen LogP contribution in [-0.2, 0) is 0 Å². The van der Waals surface area contributed by atoms with Crippen molar-refractivity contribution in [2.75, 3.05) is 11.5 Å². The molecule has 86 valence electrons. The van der Waals surface area contributed by atoms with Crippen molar-refractivity contribution < 1.29 is 0 Å². The molecule has 1 aromatic carbocycles. The molecule has 0 fully saturated rings. The van der Waals surface area contributed by atoms with Crippen LogP contribution >= 0.6 is 0 Å². The first-order valence-corrected chi connectivity index (χ1v) is 5.13. The fourth-order valence-corrected chi connectivity index (χ4v) is 1.74. The SMILES string of the molecule is N#Cc1c(N)nc(N)c(C#N)c1-c1ccccc1. The van der Waals surface area contributed by atoms with E-state index in [1.165, 1.54) is 0 Å². The lowest BCUT2D eigenvalue weighted by molar-refractivity contribution is 1.29. The molecule has 0 amide bonds. The number of hydrogen-bond donors (Lipinski definition) is 2. The molecule has 0 radical (unpaired) electrons. The number of pyridine rings is 1. The summed E-state index contributed by atoms with van der Waals surface area (Å²) in [5, 5.41) is 18.3. The Hall–Kier alpha value is -3.05. The highest BCUT2D eigenvalue weighted by Crippen LogP contribution is 2.32. The Morgan fingerprint density at radius 2 is 1.39 bits per heavy atom. The predicted octanol–water partition coefficient (Wildman–Crippen LogP) is 1.66. The number of hydrogen-bond acceptors (Lipinski definition) is 5. The Labute approximate surface area is 104 Å². The van der Waals surface area contributed by atoms with E-state index in [-0.39, 0.29) is 22.8 Å². The van der Waals surface area contributed by atoms with Crippen LogP contribution in [0.2, 0.25) is 0 Å². The van der Waals surface area contributed by atoms with Crippen LogP contribution in [-0.4, -0.2) is 4.98 Å². The van der Waals surface area contributed by atoms with Crippen molar-refractivity contribution >= 4 is 11.6 Å². The van der Waals surface area contributed by atoms with Crippen LogP contribution in [0.5, 0.6) is 0 Å². The zero-order chi connectivity index (χ0) is 13.1. The maximum absolute atomic E-state index is 9.15. The lowest BCUT2D eigenvalue weighted by atomic mass is 9.96. The number of nitrogen functional groups attached to an aromatic ring is 2. The zero-order valence-corrected chi connectivity index (χ0v) is 9.38. The minimum atomic E-state index is 0.0350. The summed E-state index contributed by atoms with van der Waals surface area (Å²) in [6, 6.07) is 13.0. The molecule has 0 aliphatic rings. The molecule has 0 aliphatic heterocycles. The third kappa shape index (κ3) is 1.70. The normalized spacial score (nSPS) is 9.44. The molecule has 1 heterocycles. The molecule has 0 atom stereocenters. The van der Waals surface area contributed by atoms with Gasteiger partial charge in [0.2, 0.25) is 0 Å². The summed E-state index contributed by atoms with van der Waals surface area (Å²) in [6.45, 7) is 0. The maximum Gasteiger partial charge on any atom is 0.144 e. The Morgan fingerprint density at radius 3 is 1.83 bits per heavy atom. The van der Waals surface area contributed by atoms with Crippen molar-refractivity contribution in [2.45, 2.75) is 0 Å². The summed E-state index contributed by atoms with van der Waals surface area (Å²) < 4.78 is 0. The Morgan fingerprint density at radius 1 is 0.889 bits per heavy atom. The summed E-state index contributed by atoms with van der Waals surface area (Å²) in [6.07, 6.45) is 0. The first-order chi connectivity index (χ1) is 8.69. The van der Waals surface area contributed by atoms with Gasteiger partial charge in [-0.3, -0.25) is 0 Å². The second-order valence-corrected chi connectivity index (χ2v) is 3.60. The van der Waals surface area contributed by atoms with Gasteiger partial charge >= 0.3 is 0 Å². The molecule has 2 aromatic rings. The molecule has 0 aliphatic carbocycles. The van der Waals surface area contributed by atoms with E-state index in [1.807, 2.05) is 30.3 Å². The van der Waals surface area contributed by atoms with Crippen LogP contribution in [0.4, 0.5) is 11.6 Å². The Bertz CT molecular complexity index is 639. The highest BCUT2D eigenvalue weighted by Gasteiger charge is 2.18. The van der Waals surface area contributed by atoms with Gasteiger partial charge in [0, 0.05) is 5.56 Å². The molecular formula is C13H9N5. The molecule has 5 nitrogen and oxygen atoms in total. The van der Waals surface area contributed by atoms with Gasteiger partial charge in [-0.15, -0.1) is 0 Å². The van der Waals surface area contributed by atoms with Crippen LogP contribution in [0.3, 0.4) is 0 Å². The highest BCUT2D eigenvalue weighted by atomic mass is 14.9. The van der Waals surface area contributed by atoms with E-state index < -0.39 is 0 Å². The molecule has 0 saturated carbocycles. The second kappa shape index (κ2) is 4.44. The number of rotatable bonds is 1. The van der Waals surface area contributed by atoms with Crippen LogP contribution in [0.15, 0.2) is 30.3 Å². The van der Waals surface area contributed by atoms with E-state index in [2.05, 4.69) is 4.98 Å². The van der Waals surface area contributed by atoms with Crippen molar-refractivity contribution in [3.63, 3.8) is 0 Å². The van der Waals surface area contributed by atoms with Gasteiger partial charge in [0.15, 0.2) is 0 Å². The molecule has 2 rings (SSSR count). The van der Waals surface area contributed by atoms with Gasteiger partial charge in [-0.25, -0.2) is 4.98 Å². The van der Waals surface area contributed by atoms with Crippen molar-refractivity contribution in [3.05, 3.63) is 41.5 Å². The predicted molar refractivity (Wildman–Crippen MR) is 67.9 cm³/mol. The number of nitrogens with zero attached hydrogens (tertiary/aromatic N) is 3. The van der Waals surface area contributed by atoms with Crippen molar-refractivity contribution in [3.8, 4) is 23.3 Å². The number of nitrogens with two attached hydrogens (primary N) is 2. The fourth-order valence-electron chi connectivity index (χ4n) is 1.74. The van der Waals surface area contributed by atoms with E-state index >= 15 is 0 Å². The highest BCUT2D eigenvalue weighted by molar-refractivity contribution is 5.84. The lowest BCUT2D eigenvalue weighted by Gasteiger charge is -2.10. The van der Waals surface area contributed by atoms with Crippen molar-refractivity contribution in [1.82, 2.24) is 4.98 Å². The first kappa shape index (κ1) is 11.4. The quantitative estimate of drug-likeness (QED) is 0.780. The molecular weight excluding hydrogens is 226 g/mol. The van der Waals surface area contributed by atoms with Crippen LogP contribution < -0.4 is 11.5 Å². The van der Waals surface area contributed by atoms with Crippen molar-refractivity contribution in [2.24, 2.45) is 0 Å². The Kier molecular flexibility index (Phi) is 2.82. The van der Waals surface area contributed by atoms with E-state index in [9.17, 15) is 0 Å². The van der Waals surface area contributed by atoms with Crippen LogP contribution in [0.25, 0.3) is 11.1 Å². The summed E-state index contributed by atoms with van der Waals surface area (Å²) in [5.41, 5.74) is 12.8. The van der Waals surface area contributed by atoms with Crippen molar-refractivity contribution in [1.29, 1.82) is 10.5 Å². The third-order valence-electron chi connectivity index (χ3n) is 2.54. The molecule has 5 heteroatoms. The monoisotopic (exact) mass is 235 g/mol. The first-order valence-electron chi connectivity index (χ1n) is 5.13. The number of nitriles is 2. The van der Waals surface area contributed by atoms with Crippen LogP contribution in [0, 0.1) is 22.7 Å². The van der Waals surface area contributed by atoms with Gasteiger partial charge in [0.25, 0.3) is 0 Å². The van der Waals surface area contributed by atoms with Gasteiger partial charge in [-0.2, -0.15) is 10.5 Å². The second-order valence-electron chi connectivity index (χ2n) is 3.60. The number of anilines is 2. The van der Waals surface area contributed by atoms with Gasteiger partial charge in [-0.1, -0.05) is 30.3 Å².